The number of pyridine rings is 1. The summed E-state index contributed by atoms with van der Waals surface area (Å²) in [6.07, 6.45) is 3.00. The maximum absolute atomic E-state index is 15.4. The SMILES string of the molecule is COC(=O)C1=C(N)N(c2ccc(F)cc2F)C2=C(C(=O)[C@H](C(=O)OC)[C@H](c3ccc(OC)cc3)C2)[C@@H]1c1cccnc1. The fraction of sp³-hybridized carbons (Fsp3) is 0.226. The van der Waals surface area contributed by atoms with Crippen molar-refractivity contribution < 1.29 is 37.4 Å². The van der Waals surface area contributed by atoms with Gasteiger partial charge < -0.3 is 19.9 Å². The zero-order chi connectivity index (χ0) is 30.1. The van der Waals surface area contributed by atoms with Crippen LogP contribution in [0.2, 0.25) is 0 Å². The van der Waals surface area contributed by atoms with E-state index in [2.05, 4.69) is 4.98 Å². The molecule has 2 N–H and O–H groups in total. The number of esters is 2. The molecule has 2 aliphatic rings. The summed E-state index contributed by atoms with van der Waals surface area (Å²) in [4.78, 5) is 46.4. The van der Waals surface area contributed by atoms with Crippen molar-refractivity contribution in [3.63, 3.8) is 0 Å². The van der Waals surface area contributed by atoms with Gasteiger partial charge in [-0.3, -0.25) is 19.5 Å². The highest BCUT2D eigenvalue weighted by Crippen LogP contribution is 2.51. The lowest BCUT2D eigenvalue weighted by Crippen LogP contribution is -2.46. The highest BCUT2D eigenvalue weighted by molar-refractivity contribution is 6.14. The van der Waals surface area contributed by atoms with Crippen LogP contribution in [0.3, 0.4) is 0 Å². The number of hydrogen-bond acceptors (Lipinski definition) is 9. The van der Waals surface area contributed by atoms with Gasteiger partial charge in [-0.15, -0.1) is 0 Å². The van der Waals surface area contributed by atoms with Crippen LogP contribution in [-0.2, 0) is 23.9 Å². The summed E-state index contributed by atoms with van der Waals surface area (Å²) in [5.74, 6) is -6.91. The minimum absolute atomic E-state index is 0.00982. The molecule has 1 aromatic heterocycles. The van der Waals surface area contributed by atoms with E-state index in [1.807, 2.05) is 0 Å². The quantitative estimate of drug-likeness (QED) is 0.342. The van der Waals surface area contributed by atoms with Crippen molar-refractivity contribution in [2.45, 2.75) is 18.3 Å². The van der Waals surface area contributed by atoms with E-state index >= 15 is 4.39 Å². The molecule has 42 heavy (non-hydrogen) atoms. The summed E-state index contributed by atoms with van der Waals surface area (Å²) in [5, 5.41) is 0. The molecular formula is C31H27F2N3O6. The number of anilines is 1. The Morgan fingerprint density at radius 1 is 1.00 bits per heavy atom. The highest BCUT2D eigenvalue weighted by atomic mass is 19.1. The molecule has 2 heterocycles. The summed E-state index contributed by atoms with van der Waals surface area (Å²) in [7, 11) is 3.84. The van der Waals surface area contributed by atoms with Crippen molar-refractivity contribution in [1.29, 1.82) is 0 Å². The molecule has 0 fully saturated rings. The number of hydrogen-bond donors (Lipinski definition) is 1. The summed E-state index contributed by atoms with van der Waals surface area (Å²) in [6, 6.07) is 13.0. The molecular weight excluding hydrogens is 548 g/mol. The summed E-state index contributed by atoms with van der Waals surface area (Å²) < 4.78 is 44.7. The van der Waals surface area contributed by atoms with Gasteiger partial charge in [0.1, 0.15) is 29.1 Å². The van der Waals surface area contributed by atoms with E-state index in [-0.39, 0.29) is 34.8 Å². The molecule has 0 radical (unpaired) electrons. The number of ether oxygens (including phenoxy) is 3. The molecule has 0 saturated carbocycles. The molecule has 0 amide bonds. The molecule has 0 saturated heterocycles. The Bertz CT molecular complexity index is 1620. The van der Waals surface area contributed by atoms with Gasteiger partial charge in [-0.25, -0.2) is 13.6 Å². The Kier molecular flexibility index (Phi) is 7.75. The van der Waals surface area contributed by atoms with Gasteiger partial charge in [0, 0.05) is 35.6 Å². The average Bonchev–Trinajstić information content (AvgIpc) is 3.00. The van der Waals surface area contributed by atoms with Crippen LogP contribution in [-0.4, -0.2) is 44.0 Å². The van der Waals surface area contributed by atoms with Crippen molar-refractivity contribution in [3.8, 4) is 5.75 Å². The number of nitrogens with zero attached hydrogens (tertiary/aromatic N) is 2. The van der Waals surface area contributed by atoms with Gasteiger partial charge in [-0.1, -0.05) is 18.2 Å². The molecule has 0 bridgehead atoms. The number of benzene rings is 2. The normalized spacial score (nSPS) is 20.3. The van der Waals surface area contributed by atoms with Gasteiger partial charge in [0.05, 0.1) is 38.5 Å². The molecule has 9 nitrogen and oxygen atoms in total. The van der Waals surface area contributed by atoms with E-state index in [9.17, 15) is 18.8 Å². The standard InChI is InChI=1S/C31H27F2N3O6/c1-40-19-9-6-16(7-10-19)20-14-23-26(28(37)25(20)30(38)41-2)24(17-5-4-12-35-15-17)27(31(39)42-3)29(34)36(23)22-11-8-18(32)13-21(22)33/h4-13,15,20,24-25H,14,34H2,1-3H3/t20-,24-,25+/m0/s1. The molecule has 11 heteroatoms. The number of carbonyl (C=O) groups excluding carboxylic acids is 3. The third-order valence-corrected chi connectivity index (χ3v) is 7.61. The van der Waals surface area contributed by atoms with Crippen molar-refractivity contribution in [2.75, 3.05) is 26.2 Å². The smallest absolute Gasteiger partial charge is 0.338 e. The minimum Gasteiger partial charge on any atom is -0.497 e. The van der Waals surface area contributed by atoms with Crippen molar-refractivity contribution in [1.82, 2.24) is 4.98 Å². The van der Waals surface area contributed by atoms with E-state index in [4.69, 9.17) is 19.9 Å². The fourth-order valence-corrected chi connectivity index (χ4v) is 5.72. The lowest BCUT2D eigenvalue weighted by molar-refractivity contribution is -0.150. The second-order valence-corrected chi connectivity index (χ2v) is 9.75. The number of allylic oxidation sites excluding steroid dienone is 2. The van der Waals surface area contributed by atoms with E-state index in [1.165, 1.54) is 37.6 Å². The number of halogens is 2. The maximum Gasteiger partial charge on any atom is 0.338 e. The molecule has 0 unspecified atom stereocenters. The zero-order valence-electron chi connectivity index (χ0n) is 23.0. The predicted octanol–water partition coefficient (Wildman–Crippen LogP) is 4.12. The van der Waals surface area contributed by atoms with Crippen molar-refractivity contribution in [2.24, 2.45) is 11.7 Å². The van der Waals surface area contributed by atoms with Crippen LogP contribution in [0.1, 0.15) is 29.4 Å². The number of carbonyl (C=O) groups is 3. The second-order valence-electron chi connectivity index (χ2n) is 9.75. The lowest BCUT2D eigenvalue weighted by atomic mass is 9.67. The minimum atomic E-state index is -1.31. The Labute approximate surface area is 240 Å². The highest BCUT2D eigenvalue weighted by Gasteiger charge is 2.51. The van der Waals surface area contributed by atoms with Crippen molar-refractivity contribution >= 4 is 23.4 Å². The number of aromatic nitrogens is 1. The van der Waals surface area contributed by atoms with E-state index in [0.717, 1.165) is 13.2 Å². The molecule has 1 aliphatic heterocycles. The number of methoxy groups -OCH3 is 3. The van der Waals surface area contributed by atoms with Crippen molar-refractivity contribution in [3.05, 3.63) is 112 Å². The van der Waals surface area contributed by atoms with Gasteiger partial charge >= 0.3 is 11.9 Å². The van der Waals surface area contributed by atoms with Gasteiger partial charge in [0.2, 0.25) is 0 Å². The molecule has 2 aromatic carbocycles. The number of ketones is 1. The van der Waals surface area contributed by atoms with Gasteiger partial charge in [0.25, 0.3) is 0 Å². The van der Waals surface area contributed by atoms with E-state index in [0.29, 0.717) is 22.9 Å². The van der Waals surface area contributed by atoms with Crippen LogP contribution in [0, 0.1) is 17.6 Å². The Morgan fingerprint density at radius 2 is 1.74 bits per heavy atom. The van der Waals surface area contributed by atoms with Crippen LogP contribution in [0.15, 0.2) is 89.7 Å². The van der Waals surface area contributed by atoms with Gasteiger partial charge in [-0.05, 0) is 47.9 Å². The first-order valence-electron chi connectivity index (χ1n) is 12.9. The number of Topliss-reactive ketones (excluding diaryl/α,β-unsaturated/α-hetero) is 1. The van der Waals surface area contributed by atoms with Gasteiger partial charge in [0.15, 0.2) is 5.78 Å². The molecule has 3 atom stereocenters. The Balaban J connectivity index is 1.82. The molecule has 5 rings (SSSR count). The Morgan fingerprint density at radius 3 is 2.33 bits per heavy atom. The predicted molar refractivity (Wildman–Crippen MR) is 147 cm³/mol. The maximum atomic E-state index is 15.4. The zero-order valence-corrected chi connectivity index (χ0v) is 23.0. The summed E-state index contributed by atoms with van der Waals surface area (Å²) in [5.41, 5.74) is 7.59. The van der Waals surface area contributed by atoms with Gasteiger partial charge in [-0.2, -0.15) is 0 Å². The molecule has 0 spiro atoms. The van der Waals surface area contributed by atoms with Crippen LogP contribution >= 0.6 is 0 Å². The average molecular weight is 576 g/mol. The molecule has 3 aromatic rings. The second kappa shape index (κ2) is 11.4. The fourth-order valence-electron chi connectivity index (χ4n) is 5.72. The number of nitrogens with two attached hydrogens (primary N) is 1. The first-order valence-corrected chi connectivity index (χ1v) is 12.9. The monoisotopic (exact) mass is 575 g/mol. The lowest BCUT2D eigenvalue weighted by Gasteiger charge is -2.44. The van der Waals surface area contributed by atoms with Crippen LogP contribution < -0.4 is 15.4 Å². The largest absolute Gasteiger partial charge is 0.497 e. The first kappa shape index (κ1) is 28.5. The summed E-state index contributed by atoms with van der Waals surface area (Å²) in [6.45, 7) is 0. The Hall–Kier alpha value is -5.06. The van der Waals surface area contributed by atoms with E-state index < -0.39 is 47.1 Å². The first-order chi connectivity index (χ1) is 20.2. The van der Waals surface area contributed by atoms with Crippen LogP contribution in [0.4, 0.5) is 14.5 Å². The third-order valence-electron chi connectivity index (χ3n) is 7.61. The third kappa shape index (κ3) is 4.76. The topological polar surface area (TPSA) is 121 Å². The van der Waals surface area contributed by atoms with E-state index in [1.54, 1.807) is 36.4 Å². The van der Waals surface area contributed by atoms with Crippen LogP contribution in [0.25, 0.3) is 0 Å². The summed E-state index contributed by atoms with van der Waals surface area (Å²) >= 11 is 0. The molecule has 1 aliphatic carbocycles. The van der Waals surface area contributed by atoms with Crippen LogP contribution in [0.5, 0.6) is 5.75 Å². The molecule has 216 valence electrons. The number of rotatable bonds is 6.